The van der Waals surface area contributed by atoms with Gasteiger partial charge >= 0.3 is 5.97 Å². The van der Waals surface area contributed by atoms with Gasteiger partial charge in [-0.25, -0.2) is 4.79 Å². The second-order valence-corrected chi connectivity index (χ2v) is 9.35. The highest BCUT2D eigenvalue weighted by atomic mass is 35.5. The van der Waals surface area contributed by atoms with Crippen LogP contribution in [0.4, 0.5) is 5.69 Å². The van der Waals surface area contributed by atoms with Crippen LogP contribution in [0.3, 0.4) is 0 Å². The summed E-state index contributed by atoms with van der Waals surface area (Å²) in [5.74, 6) is -2.72. The van der Waals surface area contributed by atoms with E-state index in [-0.39, 0.29) is 30.1 Å². The van der Waals surface area contributed by atoms with E-state index < -0.39 is 36.4 Å². The number of carbonyl (C=O) groups excluding carboxylic acids is 4. The third-order valence-corrected chi connectivity index (χ3v) is 7.09. The Labute approximate surface area is 201 Å². The van der Waals surface area contributed by atoms with Crippen molar-refractivity contribution < 1.29 is 23.9 Å². The van der Waals surface area contributed by atoms with Crippen LogP contribution in [0.5, 0.6) is 0 Å². The number of imide groups is 1. The molecule has 5 atom stereocenters. The molecule has 0 aromatic heterocycles. The molecule has 34 heavy (non-hydrogen) atoms. The molecule has 0 radical (unpaired) electrons. The van der Waals surface area contributed by atoms with Crippen molar-refractivity contribution in [1.29, 1.82) is 0 Å². The average molecular weight is 479 g/mol. The zero-order chi connectivity index (χ0) is 23.8. The number of halogens is 1. The van der Waals surface area contributed by atoms with Gasteiger partial charge in [0.15, 0.2) is 6.61 Å². The van der Waals surface area contributed by atoms with Gasteiger partial charge in [0.2, 0.25) is 11.8 Å². The highest BCUT2D eigenvalue weighted by Gasteiger charge is 2.61. The standard InChI is InChI=1S/C26H23ClN2O5/c27-18-8-10-19(11-9-18)28-21(30)14-34-26(33)20(12-15-4-2-1-3-5-15)29-24(31)22-16-6-7-17(13-16)23(22)25(29)32/h1-11,16-17,20,22-23H,12-14H2,(H,28,30)/t16-,17-,20-,22-,23-/m0/s1. The van der Waals surface area contributed by atoms with E-state index in [1.54, 1.807) is 24.3 Å². The normalized spacial score (nSPS) is 25.4. The van der Waals surface area contributed by atoms with Crippen molar-refractivity contribution in [3.8, 4) is 0 Å². The van der Waals surface area contributed by atoms with Crippen molar-refractivity contribution in [2.75, 3.05) is 11.9 Å². The van der Waals surface area contributed by atoms with Crippen LogP contribution in [0.2, 0.25) is 5.02 Å². The lowest BCUT2D eigenvalue weighted by molar-refractivity contribution is -0.160. The third kappa shape index (κ3) is 4.12. The molecule has 1 saturated heterocycles. The second-order valence-electron chi connectivity index (χ2n) is 8.91. The van der Waals surface area contributed by atoms with E-state index in [0.29, 0.717) is 10.7 Å². The Morgan fingerprint density at radius 2 is 1.59 bits per heavy atom. The van der Waals surface area contributed by atoms with E-state index in [0.717, 1.165) is 16.9 Å². The van der Waals surface area contributed by atoms with Gasteiger partial charge in [0, 0.05) is 17.1 Å². The molecule has 1 N–H and O–H groups in total. The highest BCUT2D eigenvalue weighted by Crippen LogP contribution is 2.53. The van der Waals surface area contributed by atoms with Crippen LogP contribution in [0, 0.1) is 23.7 Å². The van der Waals surface area contributed by atoms with E-state index in [1.165, 1.54) is 0 Å². The Balaban J connectivity index is 1.31. The van der Waals surface area contributed by atoms with Gasteiger partial charge < -0.3 is 10.1 Å². The molecular formula is C26H23ClN2O5. The molecule has 174 valence electrons. The molecule has 8 heteroatoms. The first-order valence-corrected chi connectivity index (χ1v) is 11.6. The summed E-state index contributed by atoms with van der Waals surface area (Å²) in [7, 11) is 0. The maximum Gasteiger partial charge on any atom is 0.330 e. The van der Waals surface area contributed by atoms with Crippen LogP contribution < -0.4 is 5.32 Å². The van der Waals surface area contributed by atoms with E-state index in [4.69, 9.17) is 16.3 Å². The van der Waals surface area contributed by atoms with E-state index in [2.05, 4.69) is 5.32 Å². The van der Waals surface area contributed by atoms with E-state index >= 15 is 0 Å². The molecule has 1 saturated carbocycles. The minimum absolute atomic E-state index is 0.0370. The number of allylic oxidation sites excluding steroid dienone is 2. The molecule has 2 aliphatic carbocycles. The van der Waals surface area contributed by atoms with Gasteiger partial charge in [-0.3, -0.25) is 19.3 Å². The average Bonchev–Trinajstić information content (AvgIpc) is 3.52. The fourth-order valence-electron chi connectivity index (χ4n) is 5.31. The molecule has 3 aliphatic rings. The molecule has 0 unspecified atom stereocenters. The summed E-state index contributed by atoms with van der Waals surface area (Å²) in [4.78, 5) is 53.2. The first-order valence-electron chi connectivity index (χ1n) is 11.2. The Kier molecular flexibility index (Phi) is 5.96. The first-order chi connectivity index (χ1) is 16.4. The maximum atomic E-state index is 13.3. The van der Waals surface area contributed by atoms with E-state index in [9.17, 15) is 19.2 Å². The van der Waals surface area contributed by atoms with Crippen molar-refractivity contribution in [2.45, 2.75) is 18.9 Å². The summed E-state index contributed by atoms with van der Waals surface area (Å²) >= 11 is 5.85. The van der Waals surface area contributed by atoms with Gasteiger partial charge in [0.1, 0.15) is 6.04 Å². The number of likely N-dealkylation sites (tertiary alicyclic amines) is 1. The van der Waals surface area contributed by atoms with Gasteiger partial charge in [0.25, 0.3) is 5.91 Å². The molecule has 3 amide bonds. The number of amides is 3. The Hall–Kier alpha value is -3.45. The van der Waals surface area contributed by atoms with Crippen LogP contribution in [-0.4, -0.2) is 41.2 Å². The molecule has 5 rings (SSSR count). The van der Waals surface area contributed by atoms with Crippen molar-refractivity contribution >= 4 is 41.0 Å². The predicted octanol–water partition coefficient (Wildman–Crippen LogP) is 3.24. The summed E-state index contributed by atoms with van der Waals surface area (Å²) in [5.41, 5.74) is 1.29. The van der Waals surface area contributed by atoms with Gasteiger partial charge in [-0.05, 0) is 48.1 Å². The van der Waals surface area contributed by atoms with Gasteiger partial charge in [-0.15, -0.1) is 0 Å². The summed E-state index contributed by atoms with van der Waals surface area (Å²) in [6, 6.07) is 14.5. The van der Waals surface area contributed by atoms with Crippen LogP contribution in [0.1, 0.15) is 12.0 Å². The number of esters is 1. The van der Waals surface area contributed by atoms with Crippen LogP contribution in [0.25, 0.3) is 0 Å². The molecular weight excluding hydrogens is 456 g/mol. The minimum Gasteiger partial charge on any atom is -0.454 e. The number of rotatable bonds is 7. The van der Waals surface area contributed by atoms with Crippen LogP contribution in [0.15, 0.2) is 66.7 Å². The molecule has 1 aliphatic heterocycles. The largest absolute Gasteiger partial charge is 0.454 e. The fourth-order valence-corrected chi connectivity index (χ4v) is 5.44. The monoisotopic (exact) mass is 478 g/mol. The van der Waals surface area contributed by atoms with Gasteiger partial charge in [-0.2, -0.15) is 0 Å². The number of anilines is 1. The number of nitrogens with one attached hydrogen (secondary N) is 1. The van der Waals surface area contributed by atoms with E-state index in [1.807, 2.05) is 42.5 Å². The molecule has 1 heterocycles. The molecule has 2 bridgehead atoms. The second kappa shape index (κ2) is 9.06. The summed E-state index contributed by atoms with van der Waals surface area (Å²) < 4.78 is 5.30. The molecule has 0 spiro atoms. The van der Waals surface area contributed by atoms with Gasteiger partial charge in [0.05, 0.1) is 11.8 Å². The summed E-state index contributed by atoms with van der Waals surface area (Å²) in [5, 5.41) is 3.15. The number of hydrogen-bond donors (Lipinski definition) is 1. The molecule has 7 nitrogen and oxygen atoms in total. The van der Waals surface area contributed by atoms with Crippen LogP contribution >= 0.6 is 11.6 Å². The van der Waals surface area contributed by atoms with Crippen molar-refractivity contribution in [2.24, 2.45) is 23.7 Å². The number of fused-ring (bicyclic) bond motifs is 5. The summed E-state index contributed by atoms with van der Waals surface area (Å²) in [6.45, 7) is -0.539. The smallest absolute Gasteiger partial charge is 0.330 e. The lowest BCUT2D eigenvalue weighted by Gasteiger charge is -2.26. The van der Waals surface area contributed by atoms with Crippen molar-refractivity contribution in [3.05, 3.63) is 77.3 Å². The number of ether oxygens (including phenoxy) is 1. The Bertz CT molecular complexity index is 1130. The minimum atomic E-state index is -1.13. The number of nitrogens with zero attached hydrogens (tertiary/aromatic N) is 1. The maximum absolute atomic E-state index is 13.3. The number of hydrogen-bond acceptors (Lipinski definition) is 5. The number of benzene rings is 2. The zero-order valence-corrected chi connectivity index (χ0v) is 19.0. The van der Waals surface area contributed by atoms with Crippen molar-refractivity contribution in [1.82, 2.24) is 4.90 Å². The fraction of sp³-hybridized carbons (Fsp3) is 0.308. The zero-order valence-electron chi connectivity index (χ0n) is 18.2. The highest BCUT2D eigenvalue weighted by molar-refractivity contribution is 6.30. The number of carbonyl (C=O) groups is 4. The SMILES string of the molecule is O=C(COC(=O)[C@H](Cc1ccccc1)N1C(=O)[C@@H]2[C@@H](C1=O)[C@H]1C=C[C@H]2C1)Nc1ccc(Cl)cc1. The lowest BCUT2D eigenvalue weighted by Crippen LogP contribution is -2.48. The quantitative estimate of drug-likeness (QED) is 0.374. The predicted molar refractivity (Wildman–Crippen MR) is 125 cm³/mol. The topological polar surface area (TPSA) is 92.8 Å². The lowest BCUT2D eigenvalue weighted by atomic mass is 9.85. The first kappa shape index (κ1) is 22.3. The molecule has 2 aromatic rings. The molecule has 2 fully saturated rings. The third-order valence-electron chi connectivity index (χ3n) is 6.83. The Morgan fingerprint density at radius 1 is 0.971 bits per heavy atom. The van der Waals surface area contributed by atoms with Crippen LogP contribution in [-0.2, 0) is 30.3 Å². The Morgan fingerprint density at radius 3 is 2.21 bits per heavy atom. The van der Waals surface area contributed by atoms with Crippen molar-refractivity contribution in [3.63, 3.8) is 0 Å². The van der Waals surface area contributed by atoms with Gasteiger partial charge in [-0.1, -0.05) is 54.1 Å². The molecule has 2 aromatic carbocycles. The summed E-state index contributed by atoms with van der Waals surface area (Å²) in [6.07, 6.45) is 4.94.